The van der Waals surface area contributed by atoms with Crippen LogP contribution in [0.25, 0.3) is 22.3 Å². The van der Waals surface area contributed by atoms with E-state index in [-0.39, 0.29) is 17.8 Å². The molecule has 2 aromatic heterocycles. The summed E-state index contributed by atoms with van der Waals surface area (Å²) in [6.45, 7) is 0.162. The maximum absolute atomic E-state index is 13.1. The van der Waals surface area contributed by atoms with Gasteiger partial charge in [0, 0.05) is 21.3 Å². The first-order valence-electron chi connectivity index (χ1n) is 7.76. The number of benzene rings is 2. The Balaban J connectivity index is 1.86. The van der Waals surface area contributed by atoms with Crippen molar-refractivity contribution in [2.24, 2.45) is 0 Å². The molecule has 8 heteroatoms. The van der Waals surface area contributed by atoms with Crippen LogP contribution in [0.4, 0.5) is 0 Å². The molecule has 136 valence electrons. The molecule has 0 atom stereocenters. The van der Waals surface area contributed by atoms with Gasteiger partial charge in [0.15, 0.2) is 10.2 Å². The van der Waals surface area contributed by atoms with Gasteiger partial charge in [-0.15, -0.1) is 11.3 Å². The summed E-state index contributed by atoms with van der Waals surface area (Å²) in [7, 11) is 0. The van der Waals surface area contributed by atoms with Gasteiger partial charge in [0.2, 0.25) is 11.2 Å². The molecule has 0 aliphatic carbocycles. The molecular weight excluding hydrogens is 473 g/mol. The Bertz CT molecular complexity index is 1190. The van der Waals surface area contributed by atoms with Crippen LogP contribution in [0, 0.1) is 0 Å². The van der Waals surface area contributed by atoms with Crippen molar-refractivity contribution in [3.05, 3.63) is 77.7 Å². The van der Waals surface area contributed by atoms with Gasteiger partial charge in [-0.1, -0.05) is 39.1 Å². The average Bonchev–Trinajstić information content (AvgIpc) is 3.07. The van der Waals surface area contributed by atoms with Gasteiger partial charge in [-0.3, -0.25) is 4.79 Å². The zero-order valence-corrected chi connectivity index (χ0v) is 17.5. The van der Waals surface area contributed by atoms with Crippen molar-refractivity contribution >= 4 is 61.4 Å². The highest BCUT2D eigenvalue weighted by Crippen LogP contribution is 2.33. The van der Waals surface area contributed by atoms with E-state index >= 15 is 0 Å². The van der Waals surface area contributed by atoms with Crippen molar-refractivity contribution in [1.82, 2.24) is 4.98 Å². The molecule has 2 heterocycles. The third-order valence-corrected chi connectivity index (χ3v) is 5.63. The van der Waals surface area contributed by atoms with Crippen LogP contribution in [-0.2, 0) is 6.61 Å². The molecule has 0 spiro atoms. The Kier molecular flexibility index (Phi) is 5.23. The van der Waals surface area contributed by atoms with E-state index < -0.39 is 0 Å². The van der Waals surface area contributed by atoms with Crippen LogP contribution in [0.1, 0.15) is 4.88 Å². The Labute approximate surface area is 176 Å². The van der Waals surface area contributed by atoms with E-state index in [1.165, 1.54) is 11.3 Å². The lowest BCUT2D eigenvalue weighted by Gasteiger charge is -2.11. The summed E-state index contributed by atoms with van der Waals surface area (Å²) in [6.07, 6.45) is 1.62. The summed E-state index contributed by atoms with van der Waals surface area (Å²) in [5, 5.41) is 1.02. The van der Waals surface area contributed by atoms with Crippen LogP contribution in [0.5, 0.6) is 5.75 Å². The first-order chi connectivity index (χ1) is 13.0. The van der Waals surface area contributed by atoms with E-state index in [4.69, 9.17) is 32.4 Å². The molecule has 4 rings (SSSR count). The number of fused-ring (bicyclic) bond motifs is 1. The summed E-state index contributed by atoms with van der Waals surface area (Å²) < 4.78 is 13.1. The number of thiazole rings is 1. The average molecular weight is 483 g/mol. The van der Waals surface area contributed by atoms with Crippen molar-refractivity contribution in [2.45, 2.75) is 6.61 Å². The highest BCUT2D eigenvalue weighted by atomic mass is 79.9. The number of rotatable bonds is 4. The van der Waals surface area contributed by atoms with E-state index in [1.807, 2.05) is 6.07 Å². The molecule has 0 unspecified atom stereocenters. The summed E-state index contributed by atoms with van der Waals surface area (Å²) >= 11 is 16.5. The van der Waals surface area contributed by atoms with Crippen molar-refractivity contribution in [2.75, 3.05) is 0 Å². The van der Waals surface area contributed by atoms with Crippen LogP contribution in [-0.4, -0.2) is 4.98 Å². The largest absolute Gasteiger partial charge is 0.480 e. The fourth-order valence-corrected chi connectivity index (χ4v) is 3.94. The number of halogens is 3. The standard InChI is InChI=1S/C19H10BrCl2NO3S/c20-11-3-6-15-14(7-11)16(24)18(25-9-13-8-23-19(22)27-13)17(26-15)10-1-4-12(21)5-2-10/h1-8H,9H2. The topological polar surface area (TPSA) is 52.3 Å². The number of hydrogen-bond donors (Lipinski definition) is 0. The Morgan fingerprint density at radius 3 is 2.63 bits per heavy atom. The summed E-state index contributed by atoms with van der Waals surface area (Å²) in [5.41, 5.74) is 0.915. The molecular formula is C19H10BrCl2NO3S. The predicted molar refractivity (Wildman–Crippen MR) is 112 cm³/mol. The van der Waals surface area contributed by atoms with E-state index in [0.29, 0.717) is 31.8 Å². The Hall–Kier alpha value is -1.86. The molecule has 2 aromatic carbocycles. The van der Waals surface area contributed by atoms with Crippen molar-refractivity contribution in [3.63, 3.8) is 0 Å². The number of hydrogen-bond acceptors (Lipinski definition) is 5. The van der Waals surface area contributed by atoms with E-state index in [2.05, 4.69) is 20.9 Å². The molecule has 4 aromatic rings. The quantitative estimate of drug-likeness (QED) is 0.330. The molecule has 0 bridgehead atoms. The normalized spacial score (nSPS) is 11.1. The number of aromatic nitrogens is 1. The van der Waals surface area contributed by atoms with Crippen LogP contribution >= 0.6 is 50.5 Å². The lowest BCUT2D eigenvalue weighted by Crippen LogP contribution is -2.10. The van der Waals surface area contributed by atoms with Gasteiger partial charge < -0.3 is 9.15 Å². The van der Waals surface area contributed by atoms with Crippen LogP contribution in [0.2, 0.25) is 9.49 Å². The second-order valence-electron chi connectivity index (χ2n) is 5.61. The summed E-state index contributed by atoms with van der Waals surface area (Å²) in [5.74, 6) is 0.481. The van der Waals surface area contributed by atoms with Crippen LogP contribution in [0.15, 0.2) is 62.3 Å². The molecule has 0 fully saturated rings. The highest BCUT2D eigenvalue weighted by molar-refractivity contribution is 9.10. The molecule has 0 N–H and O–H groups in total. The van der Waals surface area contributed by atoms with Gasteiger partial charge >= 0.3 is 0 Å². The highest BCUT2D eigenvalue weighted by Gasteiger charge is 2.18. The third kappa shape index (κ3) is 3.89. The molecule has 0 saturated heterocycles. The Morgan fingerprint density at radius 1 is 1.15 bits per heavy atom. The molecule has 0 aliphatic rings. The fourth-order valence-electron chi connectivity index (χ4n) is 2.57. The molecule has 27 heavy (non-hydrogen) atoms. The predicted octanol–water partition coefficient (Wildman–Crippen LogP) is 6.56. The van der Waals surface area contributed by atoms with E-state index in [9.17, 15) is 4.79 Å². The van der Waals surface area contributed by atoms with Gasteiger partial charge in [0.25, 0.3) is 0 Å². The number of nitrogens with zero attached hydrogens (tertiary/aromatic N) is 1. The van der Waals surface area contributed by atoms with Crippen molar-refractivity contribution in [3.8, 4) is 17.1 Å². The molecule has 0 radical (unpaired) electrons. The zero-order chi connectivity index (χ0) is 19.0. The van der Waals surface area contributed by atoms with E-state index in [1.54, 1.807) is 42.6 Å². The minimum absolute atomic E-state index is 0.132. The SMILES string of the molecule is O=c1c(OCc2cnc(Cl)s2)c(-c2ccc(Cl)cc2)oc2ccc(Br)cc12. The maximum atomic E-state index is 13.1. The minimum Gasteiger partial charge on any atom is -0.480 e. The van der Waals surface area contributed by atoms with Gasteiger partial charge in [0.05, 0.1) is 10.3 Å². The lowest BCUT2D eigenvalue weighted by molar-refractivity contribution is 0.301. The summed E-state index contributed by atoms with van der Waals surface area (Å²) in [6, 6.07) is 12.3. The van der Waals surface area contributed by atoms with E-state index in [0.717, 1.165) is 9.35 Å². The lowest BCUT2D eigenvalue weighted by atomic mass is 10.1. The molecule has 0 saturated carbocycles. The Morgan fingerprint density at radius 2 is 1.93 bits per heavy atom. The van der Waals surface area contributed by atoms with Crippen LogP contribution < -0.4 is 10.2 Å². The first kappa shape index (κ1) is 18.5. The monoisotopic (exact) mass is 481 g/mol. The van der Waals surface area contributed by atoms with Gasteiger partial charge in [-0.2, -0.15) is 0 Å². The third-order valence-electron chi connectivity index (χ3n) is 3.80. The smallest absolute Gasteiger partial charge is 0.235 e. The fraction of sp³-hybridized carbons (Fsp3) is 0.0526. The molecule has 4 nitrogen and oxygen atoms in total. The minimum atomic E-state index is -0.252. The first-order valence-corrected chi connectivity index (χ1v) is 10.1. The molecule has 0 aliphatic heterocycles. The summed E-state index contributed by atoms with van der Waals surface area (Å²) in [4.78, 5) is 17.9. The van der Waals surface area contributed by atoms with Gasteiger partial charge in [-0.25, -0.2) is 4.98 Å². The van der Waals surface area contributed by atoms with Crippen molar-refractivity contribution in [1.29, 1.82) is 0 Å². The van der Waals surface area contributed by atoms with Crippen LogP contribution in [0.3, 0.4) is 0 Å². The van der Waals surface area contributed by atoms with Gasteiger partial charge in [-0.05, 0) is 42.5 Å². The van der Waals surface area contributed by atoms with Crippen molar-refractivity contribution < 1.29 is 9.15 Å². The second kappa shape index (κ2) is 7.64. The van der Waals surface area contributed by atoms with Gasteiger partial charge in [0.1, 0.15) is 12.2 Å². The molecule has 0 amide bonds. The maximum Gasteiger partial charge on any atom is 0.235 e. The second-order valence-corrected chi connectivity index (χ2v) is 8.65. The number of ether oxygens (including phenoxy) is 1. The zero-order valence-electron chi connectivity index (χ0n) is 13.5.